The summed E-state index contributed by atoms with van der Waals surface area (Å²) in [4.78, 5) is 0. The Morgan fingerprint density at radius 1 is 1.53 bits per heavy atom. The van der Waals surface area contributed by atoms with Crippen LogP contribution in [0.2, 0.25) is 0 Å². The van der Waals surface area contributed by atoms with E-state index in [9.17, 15) is 8.42 Å². The first-order chi connectivity index (χ1) is 7.17. The van der Waals surface area contributed by atoms with Crippen LogP contribution in [-0.4, -0.2) is 15.5 Å². The van der Waals surface area contributed by atoms with Gasteiger partial charge in [-0.1, -0.05) is 0 Å². The molecule has 0 amide bonds. The summed E-state index contributed by atoms with van der Waals surface area (Å²) in [6, 6.07) is 4.50. The number of nitrogens with zero attached hydrogens (tertiary/aromatic N) is 2. The highest BCUT2D eigenvalue weighted by molar-refractivity contribution is 7.61. The van der Waals surface area contributed by atoms with Gasteiger partial charge in [0.15, 0.2) is 6.19 Å². The van der Waals surface area contributed by atoms with Crippen molar-refractivity contribution >= 4 is 21.9 Å². The topological polar surface area (TPSA) is 91.5 Å². The number of ether oxygens (including phenoxy) is 1. The Labute approximate surface area is 87.8 Å². The molecule has 0 atom stereocenters. The lowest BCUT2D eigenvalue weighted by Gasteiger charge is -2.04. The van der Waals surface area contributed by atoms with Gasteiger partial charge in [-0.25, -0.2) is 0 Å². The molecule has 0 aliphatic heterocycles. The van der Waals surface area contributed by atoms with Crippen LogP contribution >= 0.6 is 0 Å². The lowest BCUT2D eigenvalue weighted by molar-refractivity contribution is 0.416. The van der Waals surface area contributed by atoms with Crippen LogP contribution in [0.3, 0.4) is 0 Å². The molecule has 0 unspecified atom stereocenters. The van der Waals surface area contributed by atoms with Crippen molar-refractivity contribution in [2.75, 3.05) is 12.4 Å². The minimum Gasteiger partial charge on any atom is -0.494 e. The van der Waals surface area contributed by atoms with Gasteiger partial charge >= 0.3 is 10.5 Å². The summed E-state index contributed by atoms with van der Waals surface area (Å²) in [5.74, 6) is 0.322. The Hall–Kier alpha value is -2.07. The van der Waals surface area contributed by atoms with Crippen LogP contribution < -0.4 is 10.1 Å². The van der Waals surface area contributed by atoms with E-state index in [0.717, 1.165) is 0 Å². The zero-order valence-corrected chi connectivity index (χ0v) is 8.58. The second-order valence-corrected chi connectivity index (χ2v) is 3.05. The molecule has 1 aromatic rings. The van der Waals surface area contributed by atoms with E-state index in [2.05, 4.69) is 9.68 Å². The second kappa shape index (κ2) is 4.97. The van der Waals surface area contributed by atoms with Gasteiger partial charge in [0.2, 0.25) is 0 Å². The van der Waals surface area contributed by atoms with Gasteiger partial charge in [0, 0.05) is 0 Å². The van der Waals surface area contributed by atoms with Crippen LogP contribution in [-0.2, 0) is 10.5 Å². The maximum absolute atomic E-state index is 10.4. The van der Waals surface area contributed by atoms with Crippen molar-refractivity contribution in [3.05, 3.63) is 18.2 Å². The normalized spacial score (nSPS) is 8.80. The van der Waals surface area contributed by atoms with Crippen LogP contribution in [0.25, 0.3) is 0 Å². The molecule has 0 bridgehead atoms. The number of nitrogens with one attached hydrogen (secondary N) is 1. The fraction of sp³-hybridized carbons (Fsp3) is 0.125. The van der Waals surface area contributed by atoms with Crippen molar-refractivity contribution in [2.24, 2.45) is 4.36 Å². The molecule has 0 saturated carbocycles. The first-order valence-corrected chi connectivity index (χ1v) is 4.85. The van der Waals surface area contributed by atoms with Crippen molar-refractivity contribution in [3.63, 3.8) is 0 Å². The molecule has 0 radical (unpaired) electrons. The highest BCUT2D eigenvalue weighted by Crippen LogP contribution is 2.30. The zero-order valence-electron chi connectivity index (χ0n) is 7.76. The van der Waals surface area contributed by atoms with Gasteiger partial charge in [0.25, 0.3) is 0 Å². The smallest absolute Gasteiger partial charge is 0.316 e. The molecule has 0 aromatic heterocycles. The average molecular weight is 225 g/mol. The van der Waals surface area contributed by atoms with Crippen LogP contribution in [0.15, 0.2) is 22.6 Å². The average Bonchev–Trinajstić information content (AvgIpc) is 2.18. The molecule has 0 aliphatic carbocycles. The summed E-state index contributed by atoms with van der Waals surface area (Å²) in [6.07, 6.45) is 1.72. The van der Waals surface area contributed by atoms with Crippen LogP contribution in [0.5, 0.6) is 5.75 Å². The molecule has 1 aromatic carbocycles. The van der Waals surface area contributed by atoms with Crippen molar-refractivity contribution in [1.82, 2.24) is 0 Å². The molecular weight excluding hydrogens is 218 g/mol. The van der Waals surface area contributed by atoms with Crippen LogP contribution in [0.1, 0.15) is 0 Å². The van der Waals surface area contributed by atoms with E-state index < -0.39 is 10.5 Å². The van der Waals surface area contributed by atoms with E-state index in [4.69, 9.17) is 10.00 Å². The second-order valence-electron chi connectivity index (χ2n) is 2.43. The van der Waals surface area contributed by atoms with Gasteiger partial charge in [-0.2, -0.15) is 13.7 Å². The van der Waals surface area contributed by atoms with Crippen molar-refractivity contribution in [1.29, 1.82) is 5.26 Å². The maximum Gasteiger partial charge on any atom is 0.316 e. The molecule has 1 N–H and O–H groups in total. The Morgan fingerprint density at radius 2 is 2.27 bits per heavy atom. The van der Waals surface area contributed by atoms with Crippen molar-refractivity contribution in [3.8, 4) is 11.9 Å². The summed E-state index contributed by atoms with van der Waals surface area (Å²) in [6.45, 7) is 0. The highest BCUT2D eigenvalue weighted by atomic mass is 32.2. The summed E-state index contributed by atoms with van der Waals surface area (Å²) in [5.41, 5.74) is 0.591. The summed E-state index contributed by atoms with van der Waals surface area (Å²) in [5, 5.41) is 10.7. The molecule has 0 aliphatic rings. The molecule has 7 heteroatoms. The standard InChI is InChI=1S/C8H7N3O3S/c1-14-8-3-2-6(10-5-9)4-7(8)11-15(12)13/h2-4,10H,1H3. The predicted molar refractivity (Wildman–Crippen MR) is 53.2 cm³/mol. The number of hydrogen-bond donors (Lipinski definition) is 1. The third kappa shape index (κ3) is 2.96. The van der Waals surface area contributed by atoms with Gasteiger partial charge in [0.05, 0.1) is 12.8 Å². The molecule has 15 heavy (non-hydrogen) atoms. The number of methoxy groups -OCH3 is 1. The lowest BCUT2D eigenvalue weighted by atomic mass is 10.2. The SMILES string of the molecule is COc1ccc(NC#N)cc1N=S(=O)=O. The minimum absolute atomic E-state index is 0.145. The van der Waals surface area contributed by atoms with Gasteiger partial charge in [-0.15, -0.1) is 4.36 Å². The molecule has 1 rings (SSSR count). The summed E-state index contributed by atoms with van der Waals surface area (Å²) >= 11 is 0. The largest absolute Gasteiger partial charge is 0.494 e. The fourth-order valence-corrected chi connectivity index (χ4v) is 1.29. The Morgan fingerprint density at radius 3 is 2.80 bits per heavy atom. The van der Waals surface area contributed by atoms with Crippen LogP contribution in [0.4, 0.5) is 11.4 Å². The molecule has 0 spiro atoms. The molecular formula is C8H7N3O3S. The van der Waals surface area contributed by atoms with E-state index in [1.165, 1.54) is 19.2 Å². The maximum atomic E-state index is 10.4. The Bertz CT molecular complexity index is 523. The first-order valence-electron chi connectivity index (χ1n) is 3.81. The molecule has 6 nitrogen and oxygen atoms in total. The monoisotopic (exact) mass is 225 g/mol. The van der Waals surface area contributed by atoms with E-state index >= 15 is 0 Å². The summed E-state index contributed by atoms with van der Waals surface area (Å²) in [7, 11) is -1.15. The number of rotatable bonds is 3. The van der Waals surface area contributed by atoms with E-state index in [0.29, 0.717) is 11.4 Å². The first kappa shape index (κ1) is 11.0. The van der Waals surface area contributed by atoms with Crippen molar-refractivity contribution in [2.45, 2.75) is 0 Å². The predicted octanol–water partition coefficient (Wildman–Crippen LogP) is 1.28. The number of hydrogen-bond acceptors (Lipinski definition) is 6. The third-order valence-electron chi connectivity index (χ3n) is 1.55. The van der Waals surface area contributed by atoms with E-state index in [1.807, 2.05) is 0 Å². The number of nitriles is 1. The Balaban J connectivity index is 3.26. The number of anilines is 1. The summed E-state index contributed by atoms with van der Waals surface area (Å²) < 4.78 is 29.0. The van der Waals surface area contributed by atoms with Gasteiger partial charge in [-0.3, -0.25) is 5.32 Å². The minimum atomic E-state index is -2.56. The van der Waals surface area contributed by atoms with Crippen molar-refractivity contribution < 1.29 is 13.2 Å². The molecule has 0 fully saturated rings. The van der Waals surface area contributed by atoms with Crippen LogP contribution in [0, 0.1) is 11.5 Å². The molecule has 0 saturated heterocycles. The lowest BCUT2D eigenvalue weighted by Crippen LogP contribution is -1.88. The van der Waals surface area contributed by atoms with Gasteiger partial charge in [0.1, 0.15) is 11.4 Å². The Kier molecular flexibility index (Phi) is 3.65. The van der Waals surface area contributed by atoms with E-state index in [-0.39, 0.29) is 5.69 Å². The fourth-order valence-electron chi connectivity index (χ4n) is 0.984. The molecule has 0 heterocycles. The third-order valence-corrected chi connectivity index (χ3v) is 1.90. The number of benzene rings is 1. The highest BCUT2D eigenvalue weighted by Gasteiger charge is 2.03. The zero-order chi connectivity index (χ0) is 11.3. The quantitative estimate of drug-likeness (QED) is 0.618. The van der Waals surface area contributed by atoms with Gasteiger partial charge in [-0.05, 0) is 18.2 Å². The van der Waals surface area contributed by atoms with Gasteiger partial charge < -0.3 is 4.74 Å². The molecule has 78 valence electrons. The van der Waals surface area contributed by atoms with E-state index in [1.54, 1.807) is 12.3 Å².